The minimum atomic E-state index is -2.86. The number of alkyl halides is 2. The van der Waals surface area contributed by atoms with Gasteiger partial charge in [-0.3, -0.25) is 4.79 Å². The zero-order chi connectivity index (χ0) is 12.1. The van der Waals surface area contributed by atoms with Crippen molar-refractivity contribution in [1.82, 2.24) is 0 Å². The van der Waals surface area contributed by atoms with Crippen LogP contribution in [0.3, 0.4) is 0 Å². The normalized spacial score (nSPS) is 12.3. The van der Waals surface area contributed by atoms with Gasteiger partial charge in [0.05, 0.1) is 6.04 Å². The summed E-state index contributed by atoms with van der Waals surface area (Å²) in [6.45, 7) is -1.31. The minimum Gasteiger partial charge on any atom is -0.435 e. The fourth-order valence-electron chi connectivity index (χ4n) is 0.976. The standard InChI is InChI=1S/C10H12F2N2O2/c1-6(13)9(15)14-7-2-4-8(5-3-7)16-10(11)12/h2-6,10H,13H2,1H3,(H,14,15)/t6-/m0/s1. The number of anilines is 1. The third-order valence-corrected chi connectivity index (χ3v) is 1.76. The number of halogens is 2. The van der Waals surface area contributed by atoms with Gasteiger partial charge in [-0.25, -0.2) is 0 Å². The van der Waals surface area contributed by atoms with Crippen molar-refractivity contribution >= 4 is 11.6 Å². The maximum Gasteiger partial charge on any atom is 0.387 e. The lowest BCUT2D eigenvalue weighted by Gasteiger charge is -2.08. The molecular weight excluding hydrogens is 218 g/mol. The molecule has 0 bridgehead atoms. The molecule has 1 rings (SSSR count). The zero-order valence-corrected chi connectivity index (χ0v) is 8.61. The molecule has 0 saturated heterocycles. The average Bonchev–Trinajstić information content (AvgIpc) is 2.20. The summed E-state index contributed by atoms with van der Waals surface area (Å²) in [7, 11) is 0. The first-order chi connectivity index (χ1) is 7.49. The van der Waals surface area contributed by atoms with Gasteiger partial charge in [0, 0.05) is 5.69 Å². The highest BCUT2D eigenvalue weighted by atomic mass is 19.3. The van der Waals surface area contributed by atoms with E-state index in [0.29, 0.717) is 5.69 Å². The summed E-state index contributed by atoms with van der Waals surface area (Å²) >= 11 is 0. The number of hydrogen-bond acceptors (Lipinski definition) is 3. The number of benzene rings is 1. The van der Waals surface area contributed by atoms with Crippen LogP contribution < -0.4 is 15.8 Å². The molecule has 4 nitrogen and oxygen atoms in total. The summed E-state index contributed by atoms with van der Waals surface area (Å²) in [6, 6.07) is 4.96. The van der Waals surface area contributed by atoms with Gasteiger partial charge < -0.3 is 15.8 Å². The molecule has 6 heteroatoms. The smallest absolute Gasteiger partial charge is 0.387 e. The van der Waals surface area contributed by atoms with Crippen LogP contribution in [0.1, 0.15) is 6.92 Å². The van der Waals surface area contributed by atoms with E-state index < -0.39 is 12.7 Å². The molecule has 0 unspecified atom stereocenters. The molecule has 0 aliphatic rings. The maximum absolute atomic E-state index is 11.8. The van der Waals surface area contributed by atoms with Crippen molar-refractivity contribution in [1.29, 1.82) is 0 Å². The van der Waals surface area contributed by atoms with E-state index in [9.17, 15) is 13.6 Å². The molecule has 0 radical (unpaired) electrons. The molecule has 0 spiro atoms. The topological polar surface area (TPSA) is 64.4 Å². The average molecular weight is 230 g/mol. The van der Waals surface area contributed by atoms with E-state index >= 15 is 0 Å². The molecule has 88 valence electrons. The van der Waals surface area contributed by atoms with Crippen molar-refractivity contribution in [3.8, 4) is 5.75 Å². The van der Waals surface area contributed by atoms with Crippen molar-refractivity contribution in [2.45, 2.75) is 19.6 Å². The monoisotopic (exact) mass is 230 g/mol. The summed E-state index contributed by atoms with van der Waals surface area (Å²) in [5.74, 6) is -0.309. The quantitative estimate of drug-likeness (QED) is 0.825. The van der Waals surface area contributed by atoms with E-state index in [2.05, 4.69) is 10.1 Å². The van der Waals surface area contributed by atoms with Crippen LogP contribution >= 0.6 is 0 Å². The lowest BCUT2D eigenvalue weighted by Crippen LogP contribution is -2.32. The molecule has 0 saturated carbocycles. The van der Waals surface area contributed by atoms with Crippen LogP contribution in [0, 0.1) is 0 Å². The van der Waals surface area contributed by atoms with Gasteiger partial charge in [-0.2, -0.15) is 8.78 Å². The van der Waals surface area contributed by atoms with Crippen molar-refractivity contribution in [2.24, 2.45) is 5.73 Å². The number of ether oxygens (including phenoxy) is 1. The highest BCUT2D eigenvalue weighted by Crippen LogP contribution is 2.17. The molecule has 1 atom stereocenters. The Balaban J connectivity index is 2.61. The summed E-state index contributed by atoms with van der Waals surface area (Å²) in [5, 5.41) is 2.51. The summed E-state index contributed by atoms with van der Waals surface area (Å²) < 4.78 is 27.8. The van der Waals surface area contributed by atoms with Gasteiger partial charge in [-0.05, 0) is 31.2 Å². The Morgan fingerprint density at radius 2 is 1.94 bits per heavy atom. The number of amides is 1. The molecule has 16 heavy (non-hydrogen) atoms. The Labute approximate surface area is 91.4 Å². The third-order valence-electron chi connectivity index (χ3n) is 1.76. The molecule has 1 aromatic carbocycles. The minimum absolute atomic E-state index is 0.0359. The predicted molar refractivity (Wildman–Crippen MR) is 55.4 cm³/mol. The van der Waals surface area contributed by atoms with Crippen molar-refractivity contribution in [3.63, 3.8) is 0 Å². The second-order valence-electron chi connectivity index (χ2n) is 3.18. The fraction of sp³-hybridized carbons (Fsp3) is 0.300. The lowest BCUT2D eigenvalue weighted by molar-refractivity contribution is -0.117. The first kappa shape index (κ1) is 12.4. The van der Waals surface area contributed by atoms with Gasteiger partial charge in [-0.15, -0.1) is 0 Å². The maximum atomic E-state index is 11.8. The molecule has 1 aromatic rings. The fourth-order valence-corrected chi connectivity index (χ4v) is 0.976. The lowest BCUT2D eigenvalue weighted by atomic mass is 10.2. The van der Waals surface area contributed by atoms with E-state index in [1.54, 1.807) is 6.92 Å². The Morgan fingerprint density at radius 3 is 2.38 bits per heavy atom. The zero-order valence-electron chi connectivity index (χ0n) is 8.61. The van der Waals surface area contributed by atoms with Crippen molar-refractivity contribution in [2.75, 3.05) is 5.32 Å². The van der Waals surface area contributed by atoms with E-state index in [1.807, 2.05) is 0 Å². The van der Waals surface area contributed by atoms with E-state index in [1.165, 1.54) is 24.3 Å². The van der Waals surface area contributed by atoms with Crippen LogP contribution in [0.25, 0.3) is 0 Å². The van der Waals surface area contributed by atoms with Crippen LogP contribution in [0.2, 0.25) is 0 Å². The summed E-state index contributed by atoms with van der Waals surface area (Å²) in [5.41, 5.74) is 5.82. The van der Waals surface area contributed by atoms with Gasteiger partial charge in [0.2, 0.25) is 5.91 Å². The van der Waals surface area contributed by atoms with Crippen molar-refractivity contribution in [3.05, 3.63) is 24.3 Å². The first-order valence-corrected chi connectivity index (χ1v) is 4.60. The number of nitrogens with one attached hydrogen (secondary N) is 1. The summed E-state index contributed by atoms with van der Waals surface area (Å²) in [6.07, 6.45) is 0. The van der Waals surface area contributed by atoms with E-state index in [0.717, 1.165) is 0 Å². The van der Waals surface area contributed by atoms with E-state index in [-0.39, 0.29) is 11.7 Å². The number of rotatable bonds is 4. The highest BCUT2D eigenvalue weighted by molar-refractivity contribution is 5.94. The molecule has 0 fully saturated rings. The Kier molecular flexibility index (Phi) is 4.19. The summed E-state index contributed by atoms with van der Waals surface area (Å²) in [4.78, 5) is 11.2. The second-order valence-corrected chi connectivity index (χ2v) is 3.18. The molecule has 0 aliphatic carbocycles. The van der Waals surface area contributed by atoms with Crippen LogP contribution in [-0.4, -0.2) is 18.6 Å². The van der Waals surface area contributed by atoms with Gasteiger partial charge in [0.25, 0.3) is 0 Å². The molecule has 1 amide bonds. The Bertz CT molecular complexity index is 352. The first-order valence-electron chi connectivity index (χ1n) is 4.60. The van der Waals surface area contributed by atoms with Crippen LogP contribution in [0.5, 0.6) is 5.75 Å². The van der Waals surface area contributed by atoms with E-state index in [4.69, 9.17) is 5.73 Å². The second kappa shape index (κ2) is 5.41. The van der Waals surface area contributed by atoms with Crippen molar-refractivity contribution < 1.29 is 18.3 Å². The van der Waals surface area contributed by atoms with Crippen LogP contribution in [0.4, 0.5) is 14.5 Å². The molecular formula is C10H12F2N2O2. The number of hydrogen-bond donors (Lipinski definition) is 2. The number of carbonyl (C=O) groups excluding carboxylic acids is 1. The molecule has 0 heterocycles. The molecule has 0 aromatic heterocycles. The number of carbonyl (C=O) groups is 1. The third kappa shape index (κ3) is 3.82. The van der Waals surface area contributed by atoms with Gasteiger partial charge in [0.1, 0.15) is 5.75 Å². The molecule has 3 N–H and O–H groups in total. The Morgan fingerprint density at radius 1 is 1.38 bits per heavy atom. The van der Waals surface area contributed by atoms with Gasteiger partial charge >= 0.3 is 6.61 Å². The highest BCUT2D eigenvalue weighted by Gasteiger charge is 2.08. The largest absolute Gasteiger partial charge is 0.435 e. The molecule has 0 aliphatic heterocycles. The number of nitrogens with two attached hydrogens (primary N) is 1. The van der Waals surface area contributed by atoms with Gasteiger partial charge in [-0.1, -0.05) is 0 Å². The SMILES string of the molecule is C[C@H](N)C(=O)Nc1ccc(OC(F)F)cc1. The predicted octanol–water partition coefficient (Wildman–Crippen LogP) is 1.57. The van der Waals surface area contributed by atoms with Crippen LogP contribution in [0.15, 0.2) is 24.3 Å². The van der Waals surface area contributed by atoms with Crippen LogP contribution in [-0.2, 0) is 4.79 Å². The Hall–Kier alpha value is -1.69. The van der Waals surface area contributed by atoms with Gasteiger partial charge in [0.15, 0.2) is 0 Å².